The van der Waals surface area contributed by atoms with Gasteiger partial charge in [0, 0.05) is 43.5 Å². The van der Waals surface area contributed by atoms with Crippen LogP contribution in [0.3, 0.4) is 0 Å². The Morgan fingerprint density at radius 3 is 2.32 bits per heavy atom. The molecule has 138 valence electrons. The van der Waals surface area contributed by atoms with Gasteiger partial charge in [0.2, 0.25) is 15.9 Å². The highest BCUT2D eigenvalue weighted by Gasteiger charge is 2.29. The van der Waals surface area contributed by atoms with E-state index >= 15 is 0 Å². The molecule has 0 unspecified atom stereocenters. The number of nitrogens with one attached hydrogen (secondary N) is 1. The predicted octanol–water partition coefficient (Wildman–Crippen LogP) is 2.29. The molecule has 1 saturated heterocycles. The van der Waals surface area contributed by atoms with Crippen molar-refractivity contribution in [3.63, 3.8) is 0 Å². The number of unbranched alkanes of at least 4 members (excludes halogenated alkanes) is 1. The lowest BCUT2D eigenvalue weighted by Crippen LogP contribution is -2.49. The predicted molar refractivity (Wildman–Crippen MR) is 100 cm³/mol. The second-order valence-corrected chi connectivity index (χ2v) is 8.95. The van der Waals surface area contributed by atoms with Crippen LogP contribution in [0.5, 0.6) is 0 Å². The van der Waals surface area contributed by atoms with Crippen molar-refractivity contribution in [2.24, 2.45) is 5.92 Å². The number of benzene rings is 1. The number of hydrogen-bond donors (Lipinski definition) is 1. The van der Waals surface area contributed by atoms with Gasteiger partial charge in [-0.25, -0.2) is 8.42 Å². The molecule has 0 aromatic heterocycles. The highest BCUT2D eigenvalue weighted by molar-refractivity contribution is 7.89. The van der Waals surface area contributed by atoms with E-state index in [1.54, 1.807) is 4.31 Å². The summed E-state index contributed by atoms with van der Waals surface area (Å²) in [6.45, 7) is 4.46. The first-order valence-corrected chi connectivity index (χ1v) is 10.7. The van der Waals surface area contributed by atoms with E-state index in [4.69, 9.17) is 0 Å². The standard InChI is InChI=1S/C18H27N3O3S/c1-2-3-14-25(23,24)21-12-10-20(11-13-21)17-8-6-16(7-9-17)19-18(22)15-4-5-15/h6-9,15H,2-5,10-14H2,1H3,(H,19,22). The van der Waals surface area contributed by atoms with E-state index in [9.17, 15) is 13.2 Å². The molecule has 1 saturated carbocycles. The van der Waals surface area contributed by atoms with Crippen LogP contribution in [-0.4, -0.2) is 50.6 Å². The van der Waals surface area contributed by atoms with Gasteiger partial charge in [-0.2, -0.15) is 4.31 Å². The topological polar surface area (TPSA) is 69.7 Å². The Morgan fingerprint density at radius 1 is 1.12 bits per heavy atom. The van der Waals surface area contributed by atoms with Crippen molar-refractivity contribution in [3.8, 4) is 0 Å². The fourth-order valence-corrected chi connectivity index (χ4v) is 4.66. The van der Waals surface area contributed by atoms with Crippen LogP contribution in [0.15, 0.2) is 24.3 Å². The number of nitrogens with zero attached hydrogens (tertiary/aromatic N) is 2. The van der Waals surface area contributed by atoms with Gasteiger partial charge in [-0.1, -0.05) is 13.3 Å². The molecule has 1 amide bonds. The fourth-order valence-electron chi connectivity index (χ4n) is 3.03. The number of anilines is 2. The van der Waals surface area contributed by atoms with Crippen molar-refractivity contribution in [3.05, 3.63) is 24.3 Å². The van der Waals surface area contributed by atoms with Crippen LogP contribution >= 0.6 is 0 Å². The molecule has 1 heterocycles. The molecule has 0 spiro atoms. The highest BCUT2D eigenvalue weighted by atomic mass is 32.2. The van der Waals surface area contributed by atoms with Gasteiger partial charge < -0.3 is 10.2 Å². The Balaban J connectivity index is 1.53. The minimum absolute atomic E-state index is 0.110. The minimum atomic E-state index is -3.11. The van der Waals surface area contributed by atoms with Gasteiger partial charge in [-0.3, -0.25) is 4.79 Å². The molecule has 1 aromatic rings. The molecular formula is C18H27N3O3S. The van der Waals surface area contributed by atoms with Gasteiger partial charge >= 0.3 is 0 Å². The lowest BCUT2D eigenvalue weighted by atomic mass is 10.2. The van der Waals surface area contributed by atoms with Gasteiger partial charge in [0.25, 0.3) is 0 Å². The summed E-state index contributed by atoms with van der Waals surface area (Å²) < 4.78 is 26.1. The van der Waals surface area contributed by atoms with Gasteiger partial charge in [-0.05, 0) is 43.5 Å². The Morgan fingerprint density at radius 2 is 1.76 bits per heavy atom. The summed E-state index contributed by atoms with van der Waals surface area (Å²) in [7, 11) is -3.11. The number of amides is 1. The van der Waals surface area contributed by atoms with Crippen LogP contribution in [0, 0.1) is 5.92 Å². The first-order valence-electron chi connectivity index (χ1n) is 9.13. The van der Waals surface area contributed by atoms with Gasteiger partial charge in [0.05, 0.1) is 5.75 Å². The first-order chi connectivity index (χ1) is 12.0. The van der Waals surface area contributed by atoms with E-state index in [1.165, 1.54) is 0 Å². The third-order valence-electron chi connectivity index (χ3n) is 4.84. The Kier molecular flexibility index (Phi) is 5.64. The molecule has 1 N–H and O–H groups in total. The number of piperazine rings is 1. The maximum Gasteiger partial charge on any atom is 0.227 e. The highest BCUT2D eigenvalue weighted by Crippen LogP contribution is 2.30. The average Bonchev–Trinajstić information content (AvgIpc) is 3.46. The van der Waals surface area contributed by atoms with Gasteiger partial charge in [0.1, 0.15) is 0 Å². The van der Waals surface area contributed by atoms with Gasteiger partial charge in [-0.15, -0.1) is 0 Å². The van der Waals surface area contributed by atoms with E-state index in [1.807, 2.05) is 31.2 Å². The number of sulfonamides is 1. The third kappa shape index (κ3) is 4.73. The van der Waals surface area contributed by atoms with Crippen LogP contribution in [0.2, 0.25) is 0 Å². The lowest BCUT2D eigenvalue weighted by molar-refractivity contribution is -0.117. The molecule has 25 heavy (non-hydrogen) atoms. The molecule has 1 aliphatic carbocycles. The fraction of sp³-hybridized carbons (Fsp3) is 0.611. The van der Waals surface area contributed by atoms with Crippen molar-refractivity contribution in [1.29, 1.82) is 0 Å². The van der Waals surface area contributed by atoms with E-state index in [0.717, 1.165) is 37.1 Å². The van der Waals surface area contributed by atoms with Crippen LogP contribution in [-0.2, 0) is 14.8 Å². The first kappa shape index (κ1) is 18.2. The molecule has 6 nitrogen and oxygen atoms in total. The smallest absolute Gasteiger partial charge is 0.227 e. The molecular weight excluding hydrogens is 338 g/mol. The summed E-state index contributed by atoms with van der Waals surface area (Å²) in [5, 5.41) is 2.94. The largest absolute Gasteiger partial charge is 0.369 e. The quantitative estimate of drug-likeness (QED) is 0.805. The maximum atomic E-state index is 12.3. The second-order valence-electron chi connectivity index (χ2n) is 6.87. The lowest BCUT2D eigenvalue weighted by Gasteiger charge is -2.35. The number of hydrogen-bond acceptors (Lipinski definition) is 4. The van der Waals surface area contributed by atoms with Crippen LogP contribution in [0.25, 0.3) is 0 Å². The van der Waals surface area contributed by atoms with Crippen molar-refractivity contribution >= 4 is 27.3 Å². The zero-order valence-corrected chi connectivity index (χ0v) is 15.6. The maximum absolute atomic E-state index is 12.3. The van der Waals surface area contributed by atoms with Crippen molar-refractivity contribution < 1.29 is 13.2 Å². The van der Waals surface area contributed by atoms with Crippen molar-refractivity contribution in [1.82, 2.24) is 4.31 Å². The Labute approximate surface area is 150 Å². The zero-order valence-electron chi connectivity index (χ0n) is 14.8. The van der Waals surface area contributed by atoms with Crippen LogP contribution in [0.4, 0.5) is 11.4 Å². The van der Waals surface area contributed by atoms with Crippen molar-refractivity contribution in [2.75, 3.05) is 42.1 Å². The molecule has 7 heteroatoms. The number of carbonyl (C=O) groups excluding carboxylic acids is 1. The molecule has 0 bridgehead atoms. The van der Waals surface area contributed by atoms with E-state index in [0.29, 0.717) is 26.2 Å². The van der Waals surface area contributed by atoms with Gasteiger partial charge in [0.15, 0.2) is 0 Å². The molecule has 2 fully saturated rings. The molecule has 0 atom stereocenters. The SMILES string of the molecule is CCCCS(=O)(=O)N1CCN(c2ccc(NC(=O)C3CC3)cc2)CC1. The Bertz CT molecular complexity index is 691. The van der Waals surface area contributed by atoms with E-state index in [2.05, 4.69) is 10.2 Å². The third-order valence-corrected chi connectivity index (χ3v) is 6.79. The van der Waals surface area contributed by atoms with Crippen molar-refractivity contribution in [2.45, 2.75) is 32.6 Å². The molecule has 2 aliphatic rings. The summed E-state index contributed by atoms with van der Waals surface area (Å²) in [6.07, 6.45) is 3.60. The monoisotopic (exact) mass is 365 g/mol. The minimum Gasteiger partial charge on any atom is -0.369 e. The van der Waals surface area contributed by atoms with E-state index in [-0.39, 0.29) is 17.6 Å². The van der Waals surface area contributed by atoms with E-state index < -0.39 is 10.0 Å². The summed E-state index contributed by atoms with van der Waals surface area (Å²) in [4.78, 5) is 14.0. The zero-order chi connectivity index (χ0) is 17.9. The molecule has 3 rings (SSSR count). The number of carbonyl (C=O) groups is 1. The summed E-state index contributed by atoms with van der Waals surface area (Å²) >= 11 is 0. The molecule has 1 aromatic carbocycles. The summed E-state index contributed by atoms with van der Waals surface area (Å²) in [5.74, 6) is 0.555. The molecule has 1 aliphatic heterocycles. The van der Waals surface area contributed by atoms with Crippen LogP contribution < -0.4 is 10.2 Å². The number of rotatable bonds is 7. The Hall–Kier alpha value is -1.60. The average molecular weight is 365 g/mol. The second kappa shape index (κ2) is 7.74. The summed E-state index contributed by atoms with van der Waals surface area (Å²) in [6, 6.07) is 7.81. The molecule has 0 radical (unpaired) electrons. The van der Waals surface area contributed by atoms with Crippen LogP contribution in [0.1, 0.15) is 32.6 Å². The normalized spacial score (nSPS) is 19.0. The summed E-state index contributed by atoms with van der Waals surface area (Å²) in [5.41, 5.74) is 1.89.